The Bertz CT molecular complexity index is 2730. The van der Waals surface area contributed by atoms with Gasteiger partial charge in [0.05, 0.1) is 29.6 Å². The first kappa shape index (κ1) is 53.0. The van der Waals surface area contributed by atoms with Gasteiger partial charge < -0.3 is 35.8 Å². The normalized spacial score (nSPS) is 15.7. The topological polar surface area (TPSA) is 224 Å². The Kier molecular flexibility index (Phi) is 17.8. The molecule has 2 fully saturated rings. The van der Waals surface area contributed by atoms with E-state index >= 15 is 0 Å². The van der Waals surface area contributed by atoms with Crippen LogP contribution >= 0.6 is 0 Å². The van der Waals surface area contributed by atoms with Crippen LogP contribution in [0.1, 0.15) is 116 Å². The molecule has 0 saturated carbocycles. The molecule has 0 spiro atoms. The fourth-order valence-corrected chi connectivity index (χ4v) is 9.03. The van der Waals surface area contributed by atoms with Gasteiger partial charge in [-0.2, -0.15) is 18.2 Å². The van der Waals surface area contributed by atoms with E-state index in [1.807, 2.05) is 17.0 Å². The van der Waals surface area contributed by atoms with Gasteiger partial charge in [0.25, 0.3) is 11.8 Å². The molecule has 386 valence electrons. The molecule has 3 aliphatic rings. The lowest BCUT2D eigenvalue weighted by molar-refractivity contribution is -0.138. The number of halogens is 3. The Morgan fingerprint density at radius 3 is 2.14 bits per heavy atom. The van der Waals surface area contributed by atoms with Crippen molar-refractivity contribution >= 4 is 81.6 Å². The number of ether oxygens (including phenoxy) is 1. The third-order valence-electron chi connectivity index (χ3n) is 12.9. The van der Waals surface area contributed by atoms with Gasteiger partial charge in [-0.3, -0.25) is 43.8 Å². The highest BCUT2D eigenvalue weighted by Crippen LogP contribution is 2.38. The lowest BCUT2D eigenvalue weighted by Crippen LogP contribution is -2.54. The van der Waals surface area contributed by atoms with E-state index in [0.29, 0.717) is 62.3 Å². The Morgan fingerprint density at radius 1 is 0.795 bits per heavy atom. The zero-order valence-electron chi connectivity index (χ0n) is 40.6. The second-order valence-electron chi connectivity index (χ2n) is 18.0. The van der Waals surface area contributed by atoms with Crippen LogP contribution in [0.2, 0.25) is 0 Å². The highest BCUT2D eigenvalue weighted by atomic mass is 19.4. The van der Waals surface area contributed by atoms with Crippen molar-refractivity contribution in [3.05, 3.63) is 96.2 Å². The van der Waals surface area contributed by atoms with Gasteiger partial charge in [0.1, 0.15) is 23.2 Å². The minimum Gasteiger partial charge on any atom is -0.494 e. The van der Waals surface area contributed by atoms with Crippen molar-refractivity contribution in [3.63, 3.8) is 0 Å². The third kappa shape index (κ3) is 13.8. The van der Waals surface area contributed by atoms with Crippen LogP contribution in [0.3, 0.4) is 0 Å². The summed E-state index contributed by atoms with van der Waals surface area (Å²) >= 11 is 0. The summed E-state index contributed by atoms with van der Waals surface area (Å²) in [7, 11) is 1.48. The number of rotatable bonds is 23. The molecule has 18 nitrogen and oxygen atoms in total. The molecule has 4 heterocycles. The summed E-state index contributed by atoms with van der Waals surface area (Å²) in [6, 6.07) is 15.1. The summed E-state index contributed by atoms with van der Waals surface area (Å²) in [5.41, 5.74) is 1.18. The summed E-state index contributed by atoms with van der Waals surface area (Å²) in [6.45, 7) is 5.75. The molecule has 1 atom stereocenters. The number of piperazine rings is 1. The fourth-order valence-electron chi connectivity index (χ4n) is 9.03. The van der Waals surface area contributed by atoms with Gasteiger partial charge in [-0.25, -0.2) is 4.98 Å². The molecule has 0 bridgehead atoms. The molecule has 21 heteroatoms. The van der Waals surface area contributed by atoms with Crippen LogP contribution in [-0.4, -0.2) is 100 Å². The van der Waals surface area contributed by atoms with Crippen molar-refractivity contribution in [2.24, 2.45) is 0 Å². The van der Waals surface area contributed by atoms with Crippen molar-refractivity contribution < 1.29 is 51.5 Å². The smallest absolute Gasteiger partial charge is 0.421 e. The number of imide groups is 2. The van der Waals surface area contributed by atoms with E-state index in [4.69, 9.17) is 4.74 Å². The van der Waals surface area contributed by atoms with Crippen molar-refractivity contribution in [1.29, 1.82) is 0 Å². The zero-order chi connectivity index (χ0) is 52.1. The van der Waals surface area contributed by atoms with Crippen molar-refractivity contribution in [3.8, 4) is 5.75 Å². The predicted octanol–water partition coefficient (Wildman–Crippen LogP) is 8.49. The monoisotopic (exact) mass is 1010 g/mol. The van der Waals surface area contributed by atoms with Crippen molar-refractivity contribution in [2.75, 3.05) is 59.5 Å². The van der Waals surface area contributed by atoms with Crippen LogP contribution in [0.5, 0.6) is 5.75 Å². The molecular weight excluding hydrogens is 950 g/mol. The number of carbonyl (C=O) groups excluding carboxylic acids is 7. The molecule has 7 rings (SSSR count). The van der Waals surface area contributed by atoms with E-state index in [1.54, 1.807) is 30.3 Å². The van der Waals surface area contributed by atoms with Gasteiger partial charge in [0.2, 0.25) is 35.5 Å². The molecule has 0 aliphatic carbocycles. The minimum absolute atomic E-state index is 0.0189. The number of aromatic nitrogens is 2. The second kappa shape index (κ2) is 24.5. The summed E-state index contributed by atoms with van der Waals surface area (Å²) in [5.74, 6) is -3.25. The maximum absolute atomic E-state index is 14.0. The van der Waals surface area contributed by atoms with Gasteiger partial charge in [0.15, 0.2) is 0 Å². The van der Waals surface area contributed by atoms with Crippen molar-refractivity contribution in [2.45, 2.75) is 102 Å². The van der Waals surface area contributed by atoms with Gasteiger partial charge in [-0.05, 0) is 67.8 Å². The van der Waals surface area contributed by atoms with Crippen LogP contribution in [-0.2, 0) is 30.1 Å². The van der Waals surface area contributed by atoms with Crippen molar-refractivity contribution in [1.82, 2.24) is 25.1 Å². The number of alkyl halides is 3. The van der Waals surface area contributed by atoms with Gasteiger partial charge in [0, 0.05) is 74.8 Å². The van der Waals surface area contributed by atoms with Crippen LogP contribution < -0.4 is 36.2 Å². The average molecular weight is 1010 g/mol. The van der Waals surface area contributed by atoms with E-state index in [1.165, 1.54) is 25.3 Å². The van der Waals surface area contributed by atoms with Crippen LogP contribution in [0, 0.1) is 0 Å². The predicted molar refractivity (Wildman–Crippen MR) is 268 cm³/mol. The van der Waals surface area contributed by atoms with Crippen LogP contribution in [0.25, 0.3) is 0 Å². The quantitative estimate of drug-likeness (QED) is 0.0267. The molecule has 73 heavy (non-hydrogen) atoms. The zero-order valence-corrected chi connectivity index (χ0v) is 40.6. The first-order valence-corrected chi connectivity index (χ1v) is 24.5. The van der Waals surface area contributed by atoms with Crippen LogP contribution in [0.15, 0.2) is 79.5 Å². The molecular formula is C52H59F3N10O8. The number of anilines is 7. The Balaban J connectivity index is 0.758. The lowest BCUT2D eigenvalue weighted by atomic mass is 10.0. The molecule has 0 radical (unpaired) electrons. The molecule has 3 aliphatic heterocycles. The second-order valence-corrected chi connectivity index (χ2v) is 18.0. The first-order chi connectivity index (χ1) is 35.1. The number of carbonyl (C=O) groups is 7. The molecule has 1 aromatic heterocycles. The van der Waals surface area contributed by atoms with Gasteiger partial charge in [-0.1, -0.05) is 70.1 Å². The number of fused-ring (bicyclic) bond motifs is 1. The Morgan fingerprint density at radius 2 is 1.47 bits per heavy atom. The number of nitrogens with zero attached hydrogens (tertiary/aromatic N) is 5. The Hall–Kier alpha value is -7.84. The summed E-state index contributed by atoms with van der Waals surface area (Å²) < 4.78 is 47.6. The number of methoxy groups -OCH3 is 1. The number of amides is 7. The summed E-state index contributed by atoms with van der Waals surface area (Å²) in [6.07, 6.45) is 7.52. The molecule has 3 aromatic carbocycles. The lowest BCUT2D eigenvalue weighted by Gasteiger charge is -2.36. The van der Waals surface area contributed by atoms with E-state index < -0.39 is 53.1 Å². The molecule has 1 unspecified atom stereocenters. The average Bonchev–Trinajstić information content (AvgIpc) is 3.62. The standard InChI is InChI=1S/C52H59F3N10O8/c1-3-42(66)57-33-16-14-17-34(30-33)58-47-37(52(53,54)55)32-56-51(62-47)60-38-23-22-35(31-41(38)73-2)63-26-28-64(29-27-63)45(69)21-13-11-9-7-5-4-6-8-10-12-20-43(67)59-39-19-15-18-36-46(39)50(72)65(49(36)71)40-24-25-44(68)61-48(40)70/h3,14-19,22-23,30-32,40H,1,4-13,20-21,24-29H2,2H3,(H,57,66)(H,59,67)(H,61,68,70)(H2,56,58,60,62). The number of unbranched alkanes of at least 4 members (excludes halogenated alkanes) is 9. The largest absolute Gasteiger partial charge is 0.494 e. The fraction of sp³-hybridized carbons (Fsp3) is 0.404. The van der Waals surface area contributed by atoms with E-state index in [-0.39, 0.29) is 59.5 Å². The van der Waals surface area contributed by atoms with E-state index in [0.717, 1.165) is 74.5 Å². The number of benzene rings is 3. The summed E-state index contributed by atoms with van der Waals surface area (Å²) in [4.78, 5) is 101. The van der Waals surface area contributed by atoms with E-state index in [9.17, 15) is 46.7 Å². The highest BCUT2D eigenvalue weighted by Gasteiger charge is 2.46. The highest BCUT2D eigenvalue weighted by molar-refractivity contribution is 6.26. The number of nitrogens with one attached hydrogen (secondary N) is 5. The van der Waals surface area contributed by atoms with Crippen LogP contribution in [0.4, 0.5) is 53.4 Å². The maximum Gasteiger partial charge on any atom is 0.421 e. The third-order valence-corrected chi connectivity index (χ3v) is 12.9. The minimum atomic E-state index is -4.76. The number of piperidine rings is 1. The molecule has 4 aromatic rings. The molecule has 5 N–H and O–H groups in total. The number of hydrogen-bond acceptors (Lipinski definition) is 13. The maximum atomic E-state index is 14.0. The molecule has 7 amide bonds. The SMILES string of the molecule is C=CC(=O)Nc1cccc(Nc2nc(Nc3ccc(N4CCN(C(=O)CCCCCCCCCCCCC(=O)Nc5cccc6c5C(=O)N(C5CCC(=O)NC5=O)C6=O)CC4)cc3OC)ncc2C(F)(F)F)c1. The Labute approximate surface area is 420 Å². The molecule has 2 saturated heterocycles. The van der Waals surface area contributed by atoms with Gasteiger partial charge >= 0.3 is 6.18 Å². The van der Waals surface area contributed by atoms with E-state index in [2.05, 4.69) is 48.0 Å². The first-order valence-electron chi connectivity index (χ1n) is 24.5. The van der Waals surface area contributed by atoms with Gasteiger partial charge in [-0.15, -0.1) is 0 Å². The number of hydrogen-bond donors (Lipinski definition) is 5. The summed E-state index contributed by atoms with van der Waals surface area (Å²) in [5, 5.41) is 13.2.